The van der Waals surface area contributed by atoms with Crippen LogP contribution < -0.4 is 0 Å². The Morgan fingerprint density at radius 1 is 0.500 bits per heavy atom. The quantitative estimate of drug-likeness (QED) is 0.0586. The van der Waals surface area contributed by atoms with Crippen molar-refractivity contribution < 1.29 is 26.6 Å². The molecule has 0 N–H and O–H groups in total. The number of aryl methyl sites for hydroxylation is 4. The van der Waals surface area contributed by atoms with Crippen LogP contribution in [0.2, 0.25) is 12.1 Å². The average Bonchev–Trinajstić information content (AvgIpc) is 3.75. The maximum absolute atomic E-state index is 5.45. The summed E-state index contributed by atoms with van der Waals surface area (Å²) in [6.45, 7) is 4.47. The predicted octanol–water partition coefficient (Wildman–Crippen LogP) is 12.0. The molecule has 0 aliphatic carbocycles. The third-order valence-corrected chi connectivity index (χ3v) is 16.9. The third-order valence-electron chi connectivity index (χ3n) is 9.47. The summed E-state index contributed by atoms with van der Waals surface area (Å²) >= 11 is 3.74. The lowest BCUT2D eigenvalue weighted by Crippen LogP contribution is -2.42. The summed E-state index contributed by atoms with van der Waals surface area (Å²) in [5, 5.41) is 4.45. The molecule has 0 saturated heterocycles. The van der Waals surface area contributed by atoms with Crippen LogP contribution in [0, 0.1) is 13.8 Å². The number of hydrogen-bond acceptors (Lipinski definition) is 8. The molecule has 0 atom stereocenters. The molecule has 2 aromatic rings. The van der Waals surface area contributed by atoms with E-state index in [-0.39, 0.29) is 0 Å². The van der Waals surface area contributed by atoms with Gasteiger partial charge < -0.3 is 26.6 Å². The molecule has 0 bridgehead atoms. The van der Waals surface area contributed by atoms with E-state index < -0.39 is 17.6 Å². The first-order valence-corrected chi connectivity index (χ1v) is 24.3. The van der Waals surface area contributed by atoms with Crippen molar-refractivity contribution in [2.45, 2.75) is 154 Å². The van der Waals surface area contributed by atoms with E-state index in [1.807, 2.05) is 11.3 Å². The van der Waals surface area contributed by atoms with Crippen molar-refractivity contribution in [1.82, 2.24) is 0 Å². The number of hydrogen-bond donors (Lipinski definition) is 0. The first-order chi connectivity index (χ1) is 23.3. The highest BCUT2D eigenvalue weighted by molar-refractivity contribution is 7.12. The Kier molecular flexibility index (Phi) is 27.7. The lowest BCUT2D eigenvalue weighted by molar-refractivity contribution is 0.122. The average molecular weight is 745 g/mol. The van der Waals surface area contributed by atoms with Gasteiger partial charge in [0.1, 0.15) is 0 Å². The van der Waals surface area contributed by atoms with Gasteiger partial charge in [-0.25, -0.2) is 0 Å². The van der Waals surface area contributed by atoms with Crippen LogP contribution in [0.3, 0.4) is 0 Å². The van der Waals surface area contributed by atoms with E-state index in [4.69, 9.17) is 26.6 Å². The van der Waals surface area contributed by atoms with Crippen molar-refractivity contribution in [3.63, 3.8) is 0 Å². The number of rotatable bonds is 30. The second-order valence-corrected chi connectivity index (χ2v) is 21.4. The highest BCUT2D eigenvalue weighted by Gasteiger charge is 2.37. The van der Waals surface area contributed by atoms with E-state index in [9.17, 15) is 0 Å². The van der Waals surface area contributed by atoms with Gasteiger partial charge in [-0.1, -0.05) is 89.9 Å². The molecule has 280 valence electrons. The Labute approximate surface area is 306 Å². The lowest BCUT2D eigenvalue weighted by Gasteiger charge is -2.24. The molecule has 10 heteroatoms. The Hall–Kier alpha value is -0.406. The molecule has 0 fully saturated rings. The fraction of sp³-hybridized carbons (Fsp3) is 0.789. The molecular weight excluding hydrogens is 673 g/mol. The normalized spacial score (nSPS) is 12.0. The topological polar surface area (TPSA) is 55.4 Å². The Morgan fingerprint density at radius 3 is 1.21 bits per heavy atom. The first-order valence-electron chi connectivity index (χ1n) is 18.7. The predicted molar refractivity (Wildman–Crippen MR) is 212 cm³/mol. The van der Waals surface area contributed by atoms with Gasteiger partial charge in [0, 0.05) is 64.5 Å². The summed E-state index contributed by atoms with van der Waals surface area (Å²) in [6.07, 6.45) is 26.4. The van der Waals surface area contributed by atoms with Gasteiger partial charge in [0.25, 0.3) is 0 Å². The maximum atomic E-state index is 5.45. The molecule has 6 nitrogen and oxygen atoms in total. The van der Waals surface area contributed by atoms with Crippen molar-refractivity contribution in [3.8, 4) is 0 Å². The molecule has 2 aromatic heterocycles. The van der Waals surface area contributed by atoms with Crippen LogP contribution in [0.25, 0.3) is 0 Å². The van der Waals surface area contributed by atoms with Crippen molar-refractivity contribution >= 4 is 40.3 Å². The summed E-state index contributed by atoms with van der Waals surface area (Å²) in [7, 11) is 5.49. The molecule has 0 aliphatic rings. The van der Waals surface area contributed by atoms with Gasteiger partial charge in [-0.3, -0.25) is 0 Å². The molecule has 2 rings (SSSR count). The fourth-order valence-corrected chi connectivity index (χ4v) is 11.6. The van der Waals surface area contributed by atoms with E-state index in [1.54, 1.807) is 59.6 Å². The zero-order valence-corrected chi connectivity index (χ0v) is 35.8. The van der Waals surface area contributed by atoms with Crippen molar-refractivity contribution in [2.24, 2.45) is 0 Å². The van der Waals surface area contributed by atoms with Crippen molar-refractivity contribution in [1.29, 1.82) is 0 Å². The summed E-state index contributed by atoms with van der Waals surface area (Å²) in [6, 6.07) is 6.48. The molecule has 0 spiro atoms. The van der Waals surface area contributed by atoms with E-state index in [0.717, 1.165) is 24.9 Å². The summed E-state index contributed by atoms with van der Waals surface area (Å²) in [5.41, 5.74) is 3.09. The third kappa shape index (κ3) is 20.4. The van der Waals surface area contributed by atoms with Gasteiger partial charge in [-0.2, -0.15) is 11.3 Å². The maximum Gasteiger partial charge on any atom is 0.500 e. The second kappa shape index (κ2) is 29.2. The summed E-state index contributed by atoms with van der Waals surface area (Å²) < 4.78 is 32.7. The van der Waals surface area contributed by atoms with Crippen LogP contribution in [0.1, 0.15) is 136 Å². The van der Waals surface area contributed by atoms with Crippen LogP contribution in [-0.4, -0.2) is 60.3 Å². The fourth-order valence-electron chi connectivity index (χ4n) is 6.28. The largest absolute Gasteiger partial charge is 0.500 e. The molecule has 0 aliphatic heterocycles. The highest BCUT2D eigenvalue weighted by atomic mass is 32.1. The van der Waals surface area contributed by atoms with Gasteiger partial charge >= 0.3 is 17.6 Å². The van der Waals surface area contributed by atoms with Crippen LogP contribution in [-0.2, 0) is 39.4 Å². The molecule has 0 aromatic carbocycles. The van der Waals surface area contributed by atoms with E-state index in [2.05, 4.69) is 36.7 Å². The molecule has 48 heavy (non-hydrogen) atoms. The first kappa shape index (κ1) is 45.6. The number of thiophene rings is 2. The van der Waals surface area contributed by atoms with Crippen LogP contribution in [0.5, 0.6) is 0 Å². The SMILES string of the molecule is CO[Si](CCCCCCCCCCCc1cc(C)sc1C)(OC)OC.CO[Si](CCCCCCCCCCCc1ccsc1)(OC)OC. The molecule has 0 radical (unpaired) electrons. The van der Waals surface area contributed by atoms with Crippen molar-refractivity contribution in [2.75, 3.05) is 42.7 Å². The van der Waals surface area contributed by atoms with Gasteiger partial charge in [0.2, 0.25) is 0 Å². The minimum Gasteiger partial charge on any atom is -0.377 e. The van der Waals surface area contributed by atoms with Gasteiger partial charge in [-0.05, 0) is 86.4 Å². The van der Waals surface area contributed by atoms with E-state index >= 15 is 0 Å². The highest BCUT2D eigenvalue weighted by Crippen LogP contribution is 2.23. The second-order valence-electron chi connectivity index (χ2n) is 13.0. The van der Waals surface area contributed by atoms with Gasteiger partial charge in [-0.15, -0.1) is 11.3 Å². The van der Waals surface area contributed by atoms with Gasteiger partial charge in [0.15, 0.2) is 0 Å². The monoisotopic (exact) mass is 744 g/mol. The van der Waals surface area contributed by atoms with Crippen LogP contribution in [0.4, 0.5) is 0 Å². The molecule has 0 unspecified atom stereocenters. The standard InChI is InChI=1S/C20H38O3SSi.C18H34O3SSi/c1-18-17-20(19(2)24-18)15-13-11-9-7-6-8-10-12-14-16-25(21-3,22-4)23-5;1-19-23(20-2,21-3)16-12-10-8-6-4-5-7-9-11-13-18-14-15-22-17-18/h17H,6-16H2,1-5H3;14-15,17H,4-13,16H2,1-3H3. The minimum absolute atomic E-state index is 0.929. The Morgan fingerprint density at radius 2 is 0.875 bits per heavy atom. The minimum atomic E-state index is -2.34. The van der Waals surface area contributed by atoms with Crippen LogP contribution >= 0.6 is 22.7 Å². The van der Waals surface area contributed by atoms with Crippen molar-refractivity contribution in [3.05, 3.63) is 43.8 Å². The molecule has 0 saturated carbocycles. The Bertz CT molecular complexity index is 963. The molecule has 0 amide bonds. The summed E-state index contributed by atoms with van der Waals surface area (Å²) in [5.74, 6) is 0. The lowest BCUT2D eigenvalue weighted by atomic mass is 10.0. The summed E-state index contributed by atoms with van der Waals surface area (Å²) in [4.78, 5) is 2.97. The Balaban J connectivity index is 0.000000482. The molecular formula is C38H72O6S2Si2. The van der Waals surface area contributed by atoms with E-state index in [1.165, 1.54) is 131 Å². The van der Waals surface area contributed by atoms with Crippen LogP contribution in [0.15, 0.2) is 22.9 Å². The van der Waals surface area contributed by atoms with E-state index in [0.29, 0.717) is 0 Å². The zero-order valence-electron chi connectivity index (χ0n) is 32.1. The molecule has 2 heterocycles. The van der Waals surface area contributed by atoms with Gasteiger partial charge in [0.05, 0.1) is 0 Å². The zero-order chi connectivity index (χ0) is 35.4. The number of unbranched alkanes of at least 4 members (excludes halogenated alkanes) is 16. The smallest absolute Gasteiger partial charge is 0.377 e.